The highest BCUT2D eigenvalue weighted by Crippen LogP contribution is 2.31. The minimum absolute atomic E-state index is 0.0290. The van der Waals surface area contributed by atoms with Crippen LogP contribution < -0.4 is 0 Å². The lowest BCUT2D eigenvalue weighted by atomic mass is 10.0. The van der Waals surface area contributed by atoms with Crippen molar-refractivity contribution >= 4 is 5.91 Å². The van der Waals surface area contributed by atoms with E-state index in [2.05, 4.69) is 0 Å². The maximum absolute atomic E-state index is 12.6. The zero-order chi connectivity index (χ0) is 16.9. The minimum Gasteiger partial charge on any atom is -0.381 e. The number of alkyl halides is 3. The quantitative estimate of drug-likeness (QED) is 0.779. The van der Waals surface area contributed by atoms with Gasteiger partial charge in [0, 0.05) is 13.2 Å². The number of nitrogens with zero attached hydrogens (tertiary/aromatic N) is 1. The minimum atomic E-state index is -4.35. The van der Waals surface area contributed by atoms with E-state index >= 15 is 0 Å². The fourth-order valence-electron chi connectivity index (χ4n) is 2.43. The number of hydrogen-bond acceptors (Lipinski definition) is 3. The lowest BCUT2D eigenvalue weighted by Crippen LogP contribution is -2.42. The van der Waals surface area contributed by atoms with E-state index in [0.717, 1.165) is 12.1 Å². The van der Waals surface area contributed by atoms with E-state index in [4.69, 9.17) is 9.47 Å². The molecule has 1 heterocycles. The summed E-state index contributed by atoms with van der Waals surface area (Å²) in [6.45, 7) is 3.99. The topological polar surface area (TPSA) is 38.8 Å². The second-order valence-corrected chi connectivity index (χ2v) is 5.27. The molecule has 23 heavy (non-hydrogen) atoms. The summed E-state index contributed by atoms with van der Waals surface area (Å²) in [7, 11) is 0. The van der Waals surface area contributed by atoms with Gasteiger partial charge in [0.05, 0.1) is 31.7 Å². The largest absolute Gasteiger partial charge is 0.416 e. The van der Waals surface area contributed by atoms with Crippen molar-refractivity contribution in [3.63, 3.8) is 0 Å². The van der Waals surface area contributed by atoms with Crippen LogP contribution in [0.5, 0.6) is 0 Å². The van der Waals surface area contributed by atoms with E-state index in [-0.39, 0.29) is 5.91 Å². The zero-order valence-corrected chi connectivity index (χ0v) is 12.9. The predicted molar refractivity (Wildman–Crippen MR) is 77.8 cm³/mol. The summed E-state index contributed by atoms with van der Waals surface area (Å²) < 4.78 is 48.5. The Balaban J connectivity index is 1.96. The van der Waals surface area contributed by atoms with Gasteiger partial charge in [0.2, 0.25) is 5.91 Å². The first kappa shape index (κ1) is 17.7. The molecule has 0 N–H and O–H groups in total. The van der Waals surface area contributed by atoms with Crippen LogP contribution in [0.25, 0.3) is 0 Å². The molecule has 7 heteroatoms. The van der Waals surface area contributed by atoms with Gasteiger partial charge in [-0.05, 0) is 24.6 Å². The number of rotatable bonds is 5. The Bertz CT molecular complexity index is 516. The van der Waals surface area contributed by atoms with Gasteiger partial charge in [-0.3, -0.25) is 4.79 Å². The molecule has 1 aromatic carbocycles. The average Bonchev–Trinajstić information content (AvgIpc) is 2.54. The second-order valence-electron chi connectivity index (χ2n) is 5.27. The molecular weight excluding hydrogens is 311 g/mol. The van der Waals surface area contributed by atoms with Crippen molar-refractivity contribution in [1.29, 1.82) is 0 Å². The summed E-state index contributed by atoms with van der Waals surface area (Å²) in [5, 5.41) is 0. The van der Waals surface area contributed by atoms with Crippen molar-refractivity contribution in [2.75, 3.05) is 32.9 Å². The third-order valence-electron chi connectivity index (χ3n) is 3.69. The summed E-state index contributed by atoms with van der Waals surface area (Å²) in [6, 6.07) is 4.88. The molecule has 0 unspecified atom stereocenters. The monoisotopic (exact) mass is 331 g/mol. The van der Waals surface area contributed by atoms with Crippen LogP contribution >= 0.6 is 0 Å². The van der Waals surface area contributed by atoms with E-state index in [9.17, 15) is 18.0 Å². The Morgan fingerprint density at radius 2 is 2.04 bits per heavy atom. The van der Waals surface area contributed by atoms with Crippen molar-refractivity contribution in [3.8, 4) is 0 Å². The van der Waals surface area contributed by atoms with Gasteiger partial charge in [-0.25, -0.2) is 0 Å². The number of amides is 1. The molecule has 0 radical (unpaired) electrons. The van der Waals surface area contributed by atoms with Crippen LogP contribution in [0.2, 0.25) is 0 Å². The standard InChI is InChI=1S/C16H20F3NO3/c1-2-22-9-7-15(21)20-8-10-23-14(11-20)12-3-5-13(6-4-12)16(17,18)19/h3-6,14H,2,7-11H2,1H3/t14-/m0/s1. The fraction of sp³-hybridized carbons (Fsp3) is 0.562. The molecule has 0 aromatic heterocycles. The van der Waals surface area contributed by atoms with Crippen LogP contribution in [0, 0.1) is 0 Å². The summed E-state index contributed by atoms with van der Waals surface area (Å²) in [6.07, 6.45) is -4.46. The molecule has 1 saturated heterocycles. The Labute approximate surface area is 133 Å². The van der Waals surface area contributed by atoms with Gasteiger partial charge in [0.15, 0.2) is 0 Å². The summed E-state index contributed by atoms with van der Waals surface area (Å²) in [4.78, 5) is 13.7. The van der Waals surface area contributed by atoms with Gasteiger partial charge in [0.25, 0.3) is 0 Å². The maximum atomic E-state index is 12.6. The Hall–Kier alpha value is -1.60. The van der Waals surface area contributed by atoms with Crippen LogP contribution in [-0.4, -0.2) is 43.7 Å². The molecule has 0 bridgehead atoms. The van der Waals surface area contributed by atoms with Gasteiger partial charge < -0.3 is 14.4 Å². The van der Waals surface area contributed by atoms with Crippen molar-refractivity contribution in [2.45, 2.75) is 25.6 Å². The SMILES string of the molecule is CCOCCC(=O)N1CCO[C@H](c2ccc(C(F)(F)F)cc2)C1. The molecule has 1 aromatic rings. The molecule has 0 saturated carbocycles. The molecule has 1 aliphatic heterocycles. The highest BCUT2D eigenvalue weighted by atomic mass is 19.4. The summed E-state index contributed by atoms with van der Waals surface area (Å²) in [5.74, 6) is -0.0290. The van der Waals surface area contributed by atoms with Gasteiger partial charge in [0.1, 0.15) is 6.10 Å². The number of carbonyl (C=O) groups is 1. The average molecular weight is 331 g/mol. The lowest BCUT2D eigenvalue weighted by molar-refractivity contribution is -0.140. The van der Waals surface area contributed by atoms with Crippen molar-refractivity contribution in [2.24, 2.45) is 0 Å². The number of ether oxygens (including phenoxy) is 2. The molecule has 0 spiro atoms. The van der Waals surface area contributed by atoms with Crippen molar-refractivity contribution in [3.05, 3.63) is 35.4 Å². The Kier molecular flexibility index (Phi) is 6.01. The van der Waals surface area contributed by atoms with Crippen LogP contribution in [-0.2, 0) is 20.4 Å². The van der Waals surface area contributed by atoms with Crippen LogP contribution in [0.3, 0.4) is 0 Å². The zero-order valence-electron chi connectivity index (χ0n) is 12.9. The van der Waals surface area contributed by atoms with E-state index in [1.807, 2.05) is 6.92 Å². The Morgan fingerprint density at radius 3 is 2.65 bits per heavy atom. The first-order valence-corrected chi connectivity index (χ1v) is 7.56. The second kappa shape index (κ2) is 7.79. The van der Waals surface area contributed by atoms with Crippen LogP contribution in [0.4, 0.5) is 13.2 Å². The smallest absolute Gasteiger partial charge is 0.381 e. The molecule has 0 aliphatic carbocycles. The third-order valence-corrected chi connectivity index (χ3v) is 3.69. The summed E-state index contributed by atoms with van der Waals surface area (Å²) >= 11 is 0. The molecule has 4 nitrogen and oxygen atoms in total. The van der Waals surface area contributed by atoms with E-state index in [0.29, 0.717) is 44.9 Å². The van der Waals surface area contributed by atoms with Gasteiger partial charge in [-0.2, -0.15) is 13.2 Å². The van der Waals surface area contributed by atoms with Crippen LogP contribution in [0.1, 0.15) is 30.6 Å². The van der Waals surface area contributed by atoms with Crippen LogP contribution in [0.15, 0.2) is 24.3 Å². The number of hydrogen-bond donors (Lipinski definition) is 0. The number of halogens is 3. The van der Waals surface area contributed by atoms with E-state index < -0.39 is 17.8 Å². The van der Waals surface area contributed by atoms with E-state index in [1.165, 1.54) is 12.1 Å². The number of carbonyl (C=O) groups excluding carboxylic acids is 1. The predicted octanol–water partition coefficient (Wildman–Crippen LogP) is 3.03. The normalized spacial score (nSPS) is 19.0. The van der Waals surface area contributed by atoms with E-state index in [1.54, 1.807) is 4.90 Å². The van der Waals surface area contributed by atoms with Gasteiger partial charge >= 0.3 is 6.18 Å². The number of morpholine rings is 1. The highest BCUT2D eigenvalue weighted by molar-refractivity contribution is 5.76. The number of benzene rings is 1. The Morgan fingerprint density at radius 1 is 1.35 bits per heavy atom. The molecule has 1 amide bonds. The lowest BCUT2D eigenvalue weighted by Gasteiger charge is -2.33. The molecule has 128 valence electrons. The molecule has 1 fully saturated rings. The van der Waals surface area contributed by atoms with Gasteiger partial charge in [-0.1, -0.05) is 12.1 Å². The molecule has 1 aliphatic rings. The first-order chi connectivity index (χ1) is 10.9. The van der Waals surface area contributed by atoms with Crippen molar-refractivity contribution in [1.82, 2.24) is 4.90 Å². The third kappa shape index (κ3) is 4.94. The molecule has 2 rings (SSSR count). The first-order valence-electron chi connectivity index (χ1n) is 7.56. The maximum Gasteiger partial charge on any atom is 0.416 e. The summed E-state index contributed by atoms with van der Waals surface area (Å²) in [5.41, 5.74) is -0.0537. The van der Waals surface area contributed by atoms with Crippen molar-refractivity contribution < 1.29 is 27.4 Å². The highest BCUT2D eigenvalue weighted by Gasteiger charge is 2.31. The van der Waals surface area contributed by atoms with Gasteiger partial charge in [-0.15, -0.1) is 0 Å². The fourth-order valence-corrected chi connectivity index (χ4v) is 2.43. The molecular formula is C16H20F3NO3. The molecule has 1 atom stereocenters.